The molecule has 0 aliphatic carbocycles. The number of guanidine groups is 1. The van der Waals surface area contributed by atoms with Crippen LogP contribution in [0.15, 0.2) is 58.4 Å². The Hall–Kier alpha value is -2.58. The highest BCUT2D eigenvalue weighted by molar-refractivity contribution is 7.89. The quantitative estimate of drug-likeness (QED) is 0.565. The minimum Gasteiger partial charge on any atom is -0.497 e. The predicted octanol–water partition coefficient (Wildman–Crippen LogP) is 2.15. The molecule has 0 unspecified atom stereocenters. The van der Waals surface area contributed by atoms with E-state index in [1.54, 1.807) is 32.4 Å². The third-order valence-corrected chi connectivity index (χ3v) is 6.24. The van der Waals surface area contributed by atoms with Gasteiger partial charge in [-0.2, -0.15) is 0 Å². The first-order valence-corrected chi connectivity index (χ1v) is 10.3. The van der Waals surface area contributed by atoms with E-state index in [2.05, 4.69) is 10.3 Å². The van der Waals surface area contributed by atoms with E-state index < -0.39 is 10.0 Å². The molecule has 2 aromatic rings. The van der Waals surface area contributed by atoms with Crippen LogP contribution in [0, 0.1) is 0 Å². The van der Waals surface area contributed by atoms with Gasteiger partial charge < -0.3 is 15.0 Å². The highest BCUT2D eigenvalue weighted by atomic mass is 32.2. The van der Waals surface area contributed by atoms with Gasteiger partial charge in [-0.3, -0.25) is 4.99 Å². The first kappa shape index (κ1) is 21.7. The molecule has 0 spiro atoms. The minimum atomic E-state index is -3.51. The van der Waals surface area contributed by atoms with E-state index >= 15 is 0 Å². The number of nitrogens with one attached hydrogen (secondary N) is 1. The Morgan fingerprint density at radius 3 is 2.29 bits per heavy atom. The lowest BCUT2D eigenvalue weighted by atomic mass is 10.2. The van der Waals surface area contributed by atoms with Crippen LogP contribution in [0.1, 0.15) is 11.1 Å². The summed E-state index contributed by atoms with van der Waals surface area (Å²) < 4.78 is 31.5. The fourth-order valence-electron chi connectivity index (χ4n) is 2.74. The second kappa shape index (κ2) is 9.57. The van der Waals surface area contributed by atoms with E-state index in [0.29, 0.717) is 29.5 Å². The van der Waals surface area contributed by atoms with Gasteiger partial charge in [-0.15, -0.1) is 0 Å². The number of sulfonamides is 1. The molecule has 0 amide bonds. The number of nitrogens with zero attached hydrogens (tertiary/aromatic N) is 3. The summed E-state index contributed by atoms with van der Waals surface area (Å²) in [4.78, 5) is 6.58. The Morgan fingerprint density at radius 1 is 1.07 bits per heavy atom. The van der Waals surface area contributed by atoms with Gasteiger partial charge in [-0.1, -0.05) is 30.3 Å². The molecular weight excluding hydrogens is 376 g/mol. The van der Waals surface area contributed by atoms with Gasteiger partial charge in [-0.25, -0.2) is 12.7 Å². The summed E-state index contributed by atoms with van der Waals surface area (Å²) in [5.74, 6) is 1.49. The monoisotopic (exact) mass is 404 g/mol. The Balaban J connectivity index is 2.10. The molecule has 7 nitrogen and oxygen atoms in total. The molecule has 2 rings (SSSR count). The normalized spacial score (nSPS) is 12.1. The summed E-state index contributed by atoms with van der Waals surface area (Å²) in [5, 5.41) is 3.25. The fourth-order valence-corrected chi connectivity index (χ4v) is 3.85. The van der Waals surface area contributed by atoms with Crippen LogP contribution in [-0.2, 0) is 23.1 Å². The second-order valence-electron chi connectivity index (χ2n) is 6.50. The van der Waals surface area contributed by atoms with Gasteiger partial charge in [0.1, 0.15) is 5.75 Å². The first-order valence-electron chi connectivity index (χ1n) is 8.84. The molecule has 1 N–H and O–H groups in total. The highest BCUT2D eigenvalue weighted by Gasteiger charge is 2.20. The maximum absolute atomic E-state index is 12.5. The van der Waals surface area contributed by atoms with Crippen LogP contribution >= 0.6 is 0 Å². The van der Waals surface area contributed by atoms with Crippen molar-refractivity contribution >= 4 is 16.0 Å². The summed E-state index contributed by atoms with van der Waals surface area (Å²) in [5.41, 5.74) is 1.80. The van der Waals surface area contributed by atoms with Crippen LogP contribution < -0.4 is 10.1 Å². The van der Waals surface area contributed by atoms with E-state index in [4.69, 9.17) is 4.74 Å². The summed E-state index contributed by atoms with van der Waals surface area (Å²) >= 11 is 0. The number of methoxy groups -OCH3 is 1. The minimum absolute atomic E-state index is 0.292. The molecule has 2 aromatic carbocycles. The van der Waals surface area contributed by atoms with Gasteiger partial charge in [0.15, 0.2) is 5.96 Å². The smallest absolute Gasteiger partial charge is 0.242 e. The molecule has 0 fully saturated rings. The van der Waals surface area contributed by atoms with Gasteiger partial charge >= 0.3 is 0 Å². The van der Waals surface area contributed by atoms with E-state index in [-0.39, 0.29) is 0 Å². The van der Waals surface area contributed by atoms with Gasteiger partial charge in [0, 0.05) is 41.3 Å². The summed E-state index contributed by atoms with van der Waals surface area (Å²) in [6.45, 7) is 1.00. The number of hydrogen-bond acceptors (Lipinski definition) is 4. The third kappa shape index (κ3) is 5.24. The Labute approximate surface area is 167 Å². The molecule has 0 saturated heterocycles. The molecule has 28 heavy (non-hydrogen) atoms. The lowest BCUT2D eigenvalue weighted by molar-refractivity contribution is 0.414. The van der Waals surface area contributed by atoms with Crippen molar-refractivity contribution in [2.45, 2.75) is 18.0 Å². The molecule has 0 heterocycles. The summed E-state index contributed by atoms with van der Waals surface area (Å²) in [6.07, 6.45) is 0. The lowest BCUT2D eigenvalue weighted by Gasteiger charge is -2.23. The van der Waals surface area contributed by atoms with Crippen molar-refractivity contribution < 1.29 is 13.2 Å². The van der Waals surface area contributed by atoms with Crippen LogP contribution in [0.2, 0.25) is 0 Å². The van der Waals surface area contributed by atoms with Gasteiger partial charge in [0.05, 0.1) is 12.0 Å². The Kier molecular flexibility index (Phi) is 7.42. The van der Waals surface area contributed by atoms with Crippen molar-refractivity contribution in [2.24, 2.45) is 4.99 Å². The van der Waals surface area contributed by atoms with E-state index in [9.17, 15) is 8.42 Å². The number of ether oxygens (including phenoxy) is 1. The zero-order valence-corrected chi connectivity index (χ0v) is 17.8. The van der Waals surface area contributed by atoms with Crippen molar-refractivity contribution in [1.29, 1.82) is 0 Å². The van der Waals surface area contributed by atoms with Crippen LogP contribution in [0.5, 0.6) is 5.75 Å². The second-order valence-corrected chi connectivity index (χ2v) is 8.62. The molecule has 0 radical (unpaired) electrons. The zero-order chi connectivity index (χ0) is 20.7. The molecule has 0 saturated carbocycles. The van der Waals surface area contributed by atoms with Gasteiger partial charge in [0.25, 0.3) is 0 Å². The van der Waals surface area contributed by atoms with Crippen LogP contribution in [-0.4, -0.2) is 58.9 Å². The average Bonchev–Trinajstić information content (AvgIpc) is 2.69. The van der Waals surface area contributed by atoms with E-state index in [1.165, 1.54) is 18.4 Å². The van der Waals surface area contributed by atoms with Crippen molar-refractivity contribution in [1.82, 2.24) is 14.5 Å². The molecular formula is C20H28N4O3S. The molecule has 0 aromatic heterocycles. The topological polar surface area (TPSA) is 74.2 Å². The SMILES string of the molecule is CN=C(NCc1ccccc1S(=O)(=O)N(C)C)N(C)Cc1ccc(OC)cc1. The van der Waals surface area contributed by atoms with E-state index in [0.717, 1.165) is 11.3 Å². The third-order valence-electron chi connectivity index (χ3n) is 4.32. The van der Waals surface area contributed by atoms with E-state index in [1.807, 2.05) is 42.3 Å². The van der Waals surface area contributed by atoms with Gasteiger partial charge in [0.2, 0.25) is 10.0 Å². The Morgan fingerprint density at radius 2 is 1.71 bits per heavy atom. The zero-order valence-electron chi connectivity index (χ0n) is 17.0. The number of benzene rings is 2. The van der Waals surface area contributed by atoms with Crippen molar-refractivity contribution in [3.63, 3.8) is 0 Å². The van der Waals surface area contributed by atoms with Crippen LogP contribution in [0.25, 0.3) is 0 Å². The summed E-state index contributed by atoms with van der Waals surface area (Å²) in [7, 11) is 4.82. The molecule has 8 heteroatoms. The lowest BCUT2D eigenvalue weighted by Crippen LogP contribution is -2.38. The number of rotatable bonds is 7. The van der Waals surface area contributed by atoms with Gasteiger partial charge in [-0.05, 0) is 29.3 Å². The van der Waals surface area contributed by atoms with Crippen LogP contribution in [0.4, 0.5) is 0 Å². The number of aliphatic imine (C=N–C) groups is 1. The number of hydrogen-bond donors (Lipinski definition) is 1. The largest absolute Gasteiger partial charge is 0.497 e. The molecule has 0 aliphatic rings. The first-order chi connectivity index (χ1) is 13.3. The molecule has 0 bridgehead atoms. The average molecular weight is 405 g/mol. The van der Waals surface area contributed by atoms with Crippen molar-refractivity contribution in [2.75, 3.05) is 35.3 Å². The van der Waals surface area contributed by atoms with Crippen LogP contribution in [0.3, 0.4) is 0 Å². The maximum Gasteiger partial charge on any atom is 0.242 e. The predicted molar refractivity (Wildman–Crippen MR) is 112 cm³/mol. The highest BCUT2D eigenvalue weighted by Crippen LogP contribution is 2.18. The van der Waals surface area contributed by atoms with Crippen molar-refractivity contribution in [3.8, 4) is 5.75 Å². The fraction of sp³-hybridized carbons (Fsp3) is 0.350. The maximum atomic E-state index is 12.5. The standard InChI is InChI=1S/C20H28N4O3S/c1-21-20(24(4)15-16-10-12-18(27-5)13-11-16)22-14-17-8-6-7-9-19(17)28(25,26)23(2)3/h6-13H,14-15H2,1-5H3,(H,21,22). The summed E-state index contributed by atoms with van der Waals surface area (Å²) in [6, 6.07) is 14.8. The molecule has 0 atom stereocenters. The molecule has 152 valence electrons. The Bertz CT molecular complexity index is 909. The van der Waals surface area contributed by atoms with Crippen molar-refractivity contribution in [3.05, 3.63) is 59.7 Å². The molecule has 0 aliphatic heterocycles.